The Morgan fingerprint density at radius 1 is 0.853 bits per heavy atom. The Balaban J connectivity index is 1.87. The van der Waals surface area contributed by atoms with E-state index in [0.717, 1.165) is 11.6 Å². The first kappa shape index (κ1) is 25.1. The van der Waals surface area contributed by atoms with Crippen LogP contribution >= 0.6 is 0 Å². The van der Waals surface area contributed by atoms with Crippen molar-refractivity contribution in [2.75, 3.05) is 11.9 Å². The molecule has 1 N–H and O–H groups in total. The van der Waals surface area contributed by atoms with Crippen molar-refractivity contribution in [3.8, 4) is 11.5 Å². The summed E-state index contributed by atoms with van der Waals surface area (Å²) in [4.78, 5) is 12.8. The van der Waals surface area contributed by atoms with Crippen LogP contribution in [-0.4, -0.2) is 12.5 Å². The number of alkyl halides is 3. The van der Waals surface area contributed by atoms with Crippen LogP contribution in [0, 0.1) is 0 Å². The van der Waals surface area contributed by atoms with E-state index in [9.17, 15) is 18.0 Å². The van der Waals surface area contributed by atoms with Gasteiger partial charge in [0.15, 0.2) is 0 Å². The number of hydrogen-bond acceptors (Lipinski definition) is 3. The van der Waals surface area contributed by atoms with E-state index in [2.05, 4.69) is 26.1 Å². The lowest BCUT2D eigenvalue weighted by atomic mass is 9.86. The van der Waals surface area contributed by atoms with Gasteiger partial charge in [0.05, 0.1) is 17.9 Å². The molecule has 34 heavy (non-hydrogen) atoms. The molecule has 0 saturated heterocycles. The maximum Gasteiger partial charge on any atom is 0.418 e. The van der Waals surface area contributed by atoms with Crippen LogP contribution in [0.1, 0.15) is 54.7 Å². The van der Waals surface area contributed by atoms with Gasteiger partial charge in [0.1, 0.15) is 18.1 Å². The van der Waals surface area contributed by atoms with Crippen LogP contribution in [0.4, 0.5) is 18.9 Å². The minimum atomic E-state index is -4.58. The molecule has 1 amide bonds. The smallest absolute Gasteiger partial charge is 0.418 e. The Hall–Kier alpha value is -3.48. The summed E-state index contributed by atoms with van der Waals surface area (Å²) >= 11 is 0. The normalized spacial score (nSPS) is 11.7. The Kier molecular flexibility index (Phi) is 7.54. The van der Waals surface area contributed by atoms with Crippen LogP contribution in [0.25, 0.3) is 0 Å². The van der Waals surface area contributed by atoms with E-state index in [-0.39, 0.29) is 23.3 Å². The van der Waals surface area contributed by atoms with Crippen LogP contribution in [0.2, 0.25) is 0 Å². The maximum absolute atomic E-state index is 13.3. The Bertz CT molecular complexity index is 1150. The highest BCUT2D eigenvalue weighted by atomic mass is 19.4. The second-order valence-electron chi connectivity index (χ2n) is 8.79. The van der Waals surface area contributed by atoms with Crippen molar-refractivity contribution in [2.45, 2.75) is 45.9 Å². The monoisotopic (exact) mass is 471 g/mol. The van der Waals surface area contributed by atoms with Crippen molar-refractivity contribution < 1.29 is 27.4 Å². The Morgan fingerprint density at radius 2 is 1.50 bits per heavy atom. The first-order valence-electron chi connectivity index (χ1n) is 11.0. The van der Waals surface area contributed by atoms with Crippen molar-refractivity contribution >= 4 is 11.6 Å². The van der Waals surface area contributed by atoms with Gasteiger partial charge in [-0.3, -0.25) is 4.79 Å². The lowest BCUT2D eigenvalue weighted by Crippen LogP contribution is -2.17. The molecule has 0 aliphatic carbocycles. The third-order valence-electron chi connectivity index (χ3n) is 5.18. The first-order chi connectivity index (χ1) is 16.0. The molecule has 0 bridgehead atoms. The van der Waals surface area contributed by atoms with E-state index in [1.807, 2.05) is 31.2 Å². The lowest BCUT2D eigenvalue weighted by molar-refractivity contribution is -0.136. The number of anilines is 1. The molecule has 0 aromatic heterocycles. The van der Waals surface area contributed by atoms with Crippen molar-refractivity contribution in [1.82, 2.24) is 0 Å². The number of para-hydroxylation sites is 2. The fraction of sp³-hybridized carbons (Fsp3) is 0.296. The predicted molar refractivity (Wildman–Crippen MR) is 126 cm³/mol. The van der Waals surface area contributed by atoms with Crippen LogP contribution in [0.5, 0.6) is 11.5 Å². The number of hydrogen-bond donors (Lipinski definition) is 1. The zero-order chi connectivity index (χ0) is 24.9. The average Bonchev–Trinajstić information content (AvgIpc) is 2.77. The molecule has 0 unspecified atom stereocenters. The molecule has 0 atom stereocenters. The zero-order valence-electron chi connectivity index (χ0n) is 19.6. The molecule has 0 aliphatic rings. The van der Waals surface area contributed by atoms with E-state index in [1.165, 1.54) is 24.3 Å². The van der Waals surface area contributed by atoms with Gasteiger partial charge in [-0.15, -0.1) is 0 Å². The van der Waals surface area contributed by atoms with Gasteiger partial charge >= 0.3 is 6.18 Å². The number of carbonyl (C=O) groups is 1. The number of benzene rings is 3. The number of amides is 1. The second kappa shape index (κ2) is 10.2. The molecule has 3 rings (SSSR count). The molecule has 7 heteroatoms. The molecular formula is C27H28F3NO3. The zero-order valence-corrected chi connectivity index (χ0v) is 19.6. The number of ether oxygens (including phenoxy) is 2. The van der Waals surface area contributed by atoms with Gasteiger partial charge in [0, 0.05) is 11.1 Å². The Morgan fingerprint density at radius 3 is 2.15 bits per heavy atom. The van der Waals surface area contributed by atoms with Crippen LogP contribution in [0.15, 0.2) is 66.7 Å². The molecule has 180 valence electrons. The highest BCUT2D eigenvalue weighted by Gasteiger charge is 2.33. The highest BCUT2D eigenvalue weighted by molar-refractivity contribution is 6.05. The fourth-order valence-corrected chi connectivity index (χ4v) is 3.53. The van der Waals surface area contributed by atoms with E-state index in [0.29, 0.717) is 23.7 Å². The summed E-state index contributed by atoms with van der Waals surface area (Å²) in [6.45, 7) is 8.65. The minimum absolute atomic E-state index is 0.128. The average molecular weight is 472 g/mol. The van der Waals surface area contributed by atoms with E-state index in [4.69, 9.17) is 9.47 Å². The molecule has 0 radical (unpaired) electrons. The third-order valence-corrected chi connectivity index (χ3v) is 5.18. The number of halogens is 3. The van der Waals surface area contributed by atoms with Crippen molar-refractivity contribution in [1.29, 1.82) is 0 Å². The van der Waals surface area contributed by atoms with Crippen molar-refractivity contribution in [3.05, 3.63) is 89.0 Å². The van der Waals surface area contributed by atoms with Gasteiger partial charge in [-0.1, -0.05) is 51.1 Å². The maximum atomic E-state index is 13.3. The summed E-state index contributed by atoms with van der Waals surface area (Å²) in [5.41, 5.74) is 0.505. The fourth-order valence-electron chi connectivity index (χ4n) is 3.53. The summed E-state index contributed by atoms with van der Waals surface area (Å²) in [5.74, 6) is 0.602. The summed E-state index contributed by atoms with van der Waals surface area (Å²) in [6, 6.07) is 17.3. The molecule has 0 saturated carbocycles. The molecule has 0 spiro atoms. The van der Waals surface area contributed by atoms with Crippen LogP contribution in [-0.2, 0) is 18.2 Å². The van der Waals surface area contributed by atoms with Gasteiger partial charge in [0.2, 0.25) is 0 Å². The third kappa shape index (κ3) is 6.10. The van der Waals surface area contributed by atoms with Gasteiger partial charge in [-0.25, -0.2) is 0 Å². The van der Waals surface area contributed by atoms with Crippen molar-refractivity contribution in [3.63, 3.8) is 0 Å². The first-order valence-corrected chi connectivity index (χ1v) is 11.0. The number of nitrogens with one attached hydrogen (secondary N) is 1. The summed E-state index contributed by atoms with van der Waals surface area (Å²) in [5, 5.41) is 2.37. The summed E-state index contributed by atoms with van der Waals surface area (Å²) < 4.78 is 51.7. The van der Waals surface area contributed by atoms with Crippen molar-refractivity contribution in [2.24, 2.45) is 0 Å². The van der Waals surface area contributed by atoms with Gasteiger partial charge in [-0.2, -0.15) is 13.2 Å². The largest absolute Gasteiger partial charge is 0.493 e. The van der Waals surface area contributed by atoms with Gasteiger partial charge in [-0.05, 0) is 54.3 Å². The summed E-state index contributed by atoms with van der Waals surface area (Å²) in [6.07, 6.45) is -4.58. The molecule has 3 aromatic carbocycles. The van der Waals surface area contributed by atoms with E-state index in [1.54, 1.807) is 12.1 Å². The number of rotatable bonds is 7. The number of carbonyl (C=O) groups excluding carboxylic acids is 1. The van der Waals surface area contributed by atoms with Crippen LogP contribution in [0.3, 0.4) is 0 Å². The van der Waals surface area contributed by atoms with Gasteiger partial charge < -0.3 is 14.8 Å². The molecule has 0 aliphatic heterocycles. The standard InChI is InChI=1S/C27H28F3NO3/c1-5-33-23-15-14-18(25(32)31-22-12-8-6-10-20(22)27(28,29)30)16-19(23)17-34-24-13-9-7-11-21(24)26(2,3)4/h6-16H,5,17H2,1-4H3,(H,31,32). The molecule has 4 nitrogen and oxygen atoms in total. The second-order valence-corrected chi connectivity index (χ2v) is 8.79. The lowest BCUT2D eigenvalue weighted by Gasteiger charge is -2.23. The van der Waals surface area contributed by atoms with E-state index >= 15 is 0 Å². The highest BCUT2D eigenvalue weighted by Crippen LogP contribution is 2.35. The minimum Gasteiger partial charge on any atom is -0.493 e. The molecule has 3 aromatic rings. The van der Waals surface area contributed by atoms with E-state index < -0.39 is 17.6 Å². The molecular weight excluding hydrogens is 443 g/mol. The Labute approximate surface area is 197 Å². The SMILES string of the molecule is CCOc1ccc(C(=O)Nc2ccccc2C(F)(F)F)cc1COc1ccccc1C(C)(C)C. The van der Waals surface area contributed by atoms with Gasteiger partial charge in [0.25, 0.3) is 5.91 Å². The quantitative estimate of drug-likeness (QED) is 0.395. The molecule has 0 heterocycles. The predicted octanol–water partition coefficient (Wildman–Crippen LogP) is 7.23. The molecule has 0 fully saturated rings. The topological polar surface area (TPSA) is 47.6 Å². The summed E-state index contributed by atoms with van der Waals surface area (Å²) in [7, 11) is 0. The van der Waals surface area contributed by atoms with Crippen LogP contribution < -0.4 is 14.8 Å².